The molecule has 1 heterocycles. The van der Waals surface area contributed by atoms with Crippen LogP contribution in [0.4, 0.5) is 5.69 Å². The Labute approximate surface area is 170 Å². The SMILES string of the molecule is COc1cccc2c(C)cc(SCCC(=O)Nc3c(C)cc(C)cc3C)nc12. The number of pyridine rings is 1. The molecular weight excluding hydrogens is 368 g/mol. The van der Waals surface area contributed by atoms with Gasteiger partial charge in [0.15, 0.2) is 0 Å². The van der Waals surface area contributed by atoms with E-state index in [2.05, 4.69) is 37.4 Å². The smallest absolute Gasteiger partial charge is 0.225 e. The summed E-state index contributed by atoms with van der Waals surface area (Å²) in [6, 6.07) is 12.2. The van der Waals surface area contributed by atoms with E-state index in [0.717, 1.165) is 44.1 Å². The summed E-state index contributed by atoms with van der Waals surface area (Å²) in [5.41, 5.74) is 6.33. The van der Waals surface area contributed by atoms with Gasteiger partial charge in [0, 0.05) is 23.2 Å². The van der Waals surface area contributed by atoms with E-state index in [1.165, 1.54) is 5.56 Å². The fraction of sp³-hybridized carbons (Fsp3) is 0.304. The van der Waals surface area contributed by atoms with Gasteiger partial charge in [0.2, 0.25) is 5.91 Å². The van der Waals surface area contributed by atoms with Gasteiger partial charge in [-0.05, 0) is 56.5 Å². The Hall–Kier alpha value is -2.53. The summed E-state index contributed by atoms with van der Waals surface area (Å²) < 4.78 is 5.44. The van der Waals surface area contributed by atoms with Crippen LogP contribution in [-0.4, -0.2) is 23.8 Å². The molecule has 0 bridgehead atoms. The summed E-state index contributed by atoms with van der Waals surface area (Å²) in [6.07, 6.45) is 0.433. The normalized spacial score (nSPS) is 10.9. The van der Waals surface area contributed by atoms with Crippen molar-refractivity contribution in [3.05, 3.63) is 58.7 Å². The standard InChI is InChI=1S/C23H26N2O2S/c1-14-11-16(3)22(17(4)12-14)24-20(26)9-10-28-21-13-15(2)18-7-6-8-19(27-5)23(18)25-21/h6-8,11-13H,9-10H2,1-5H3,(H,24,26). The van der Waals surface area contributed by atoms with Crippen LogP contribution in [0.5, 0.6) is 5.75 Å². The van der Waals surface area contributed by atoms with Gasteiger partial charge in [-0.2, -0.15) is 0 Å². The molecule has 0 atom stereocenters. The molecule has 3 aromatic rings. The van der Waals surface area contributed by atoms with Gasteiger partial charge in [-0.25, -0.2) is 4.98 Å². The largest absolute Gasteiger partial charge is 0.494 e. The molecule has 0 radical (unpaired) electrons. The summed E-state index contributed by atoms with van der Waals surface area (Å²) in [6.45, 7) is 8.19. The number of hydrogen-bond acceptors (Lipinski definition) is 4. The van der Waals surface area contributed by atoms with Crippen molar-refractivity contribution in [1.29, 1.82) is 0 Å². The third kappa shape index (κ3) is 4.47. The minimum atomic E-state index is 0.0256. The molecule has 1 N–H and O–H groups in total. The number of methoxy groups -OCH3 is 1. The van der Waals surface area contributed by atoms with Crippen molar-refractivity contribution in [3.8, 4) is 5.75 Å². The summed E-state index contributed by atoms with van der Waals surface area (Å²) in [4.78, 5) is 17.1. The van der Waals surface area contributed by atoms with E-state index in [0.29, 0.717) is 12.2 Å². The lowest BCUT2D eigenvalue weighted by atomic mass is 10.1. The van der Waals surface area contributed by atoms with E-state index in [1.54, 1.807) is 18.9 Å². The van der Waals surface area contributed by atoms with Crippen LogP contribution in [0.25, 0.3) is 10.9 Å². The van der Waals surface area contributed by atoms with Gasteiger partial charge in [0.1, 0.15) is 11.3 Å². The van der Waals surface area contributed by atoms with Crippen LogP contribution in [0, 0.1) is 27.7 Å². The highest BCUT2D eigenvalue weighted by atomic mass is 32.2. The van der Waals surface area contributed by atoms with Crippen molar-refractivity contribution in [2.45, 2.75) is 39.1 Å². The summed E-state index contributed by atoms with van der Waals surface area (Å²) >= 11 is 1.59. The van der Waals surface area contributed by atoms with Crippen LogP contribution in [0.15, 0.2) is 41.4 Å². The predicted octanol–water partition coefficient (Wildman–Crippen LogP) is 5.60. The Kier molecular flexibility index (Phi) is 6.25. The average Bonchev–Trinajstić information content (AvgIpc) is 2.64. The number of nitrogens with one attached hydrogen (secondary N) is 1. The predicted molar refractivity (Wildman–Crippen MR) is 118 cm³/mol. The highest BCUT2D eigenvalue weighted by molar-refractivity contribution is 7.99. The van der Waals surface area contributed by atoms with Crippen molar-refractivity contribution in [1.82, 2.24) is 4.98 Å². The van der Waals surface area contributed by atoms with E-state index < -0.39 is 0 Å². The number of thioether (sulfide) groups is 1. The number of ether oxygens (including phenoxy) is 1. The number of carbonyl (C=O) groups excluding carboxylic acids is 1. The first kappa shape index (κ1) is 20.2. The molecule has 4 nitrogen and oxygen atoms in total. The minimum Gasteiger partial charge on any atom is -0.494 e. The number of anilines is 1. The van der Waals surface area contributed by atoms with Crippen LogP contribution in [0.2, 0.25) is 0 Å². The molecule has 0 aliphatic carbocycles. The molecule has 0 unspecified atom stereocenters. The number of carbonyl (C=O) groups is 1. The Morgan fingerprint density at radius 3 is 2.46 bits per heavy atom. The number of aryl methyl sites for hydroxylation is 4. The monoisotopic (exact) mass is 394 g/mol. The lowest BCUT2D eigenvalue weighted by molar-refractivity contribution is -0.115. The van der Waals surface area contributed by atoms with E-state index in [4.69, 9.17) is 9.72 Å². The zero-order chi connectivity index (χ0) is 20.3. The molecule has 28 heavy (non-hydrogen) atoms. The molecule has 0 aliphatic heterocycles. The highest BCUT2D eigenvalue weighted by Crippen LogP contribution is 2.30. The van der Waals surface area contributed by atoms with E-state index in [9.17, 15) is 4.79 Å². The Morgan fingerprint density at radius 2 is 1.79 bits per heavy atom. The molecule has 146 valence electrons. The van der Waals surface area contributed by atoms with Crippen LogP contribution in [-0.2, 0) is 4.79 Å². The minimum absolute atomic E-state index is 0.0256. The number of para-hydroxylation sites is 1. The summed E-state index contributed by atoms with van der Waals surface area (Å²) in [5.74, 6) is 1.46. The van der Waals surface area contributed by atoms with Gasteiger partial charge in [-0.3, -0.25) is 4.79 Å². The first-order valence-corrected chi connectivity index (χ1v) is 10.3. The van der Waals surface area contributed by atoms with Crippen LogP contribution < -0.4 is 10.1 Å². The number of fused-ring (bicyclic) bond motifs is 1. The first-order valence-electron chi connectivity index (χ1n) is 9.34. The maximum absolute atomic E-state index is 12.4. The molecule has 3 rings (SSSR count). The second-order valence-electron chi connectivity index (χ2n) is 7.05. The van der Waals surface area contributed by atoms with Crippen molar-refractivity contribution in [3.63, 3.8) is 0 Å². The lowest BCUT2D eigenvalue weighted by Gasteiger charge is -2.13. The number of aromatic nitrogens is 1. The fourth-order valence-corrected chi connectivity index (χ4v) is 4.34. The van der Waals surface area contributed by atoms with Gasteiger partial charge >= 0.3 is 0 Å². The quantitative estimate of drug-likeness (QED) is 0.553. The number of hydrogen-bond donors (Lipinski definition) is 1. The summed E-state index contributed by atoms with van der Waals surface area (Å²) in [7, 11) is 1.66. The molecule has 0 aliphatic rings. The van der Waals surface area contributed by atoms with E-state index in [1.807, 2.05) is 32.0 Å². The molecule has 0 saturated heterocycles. The van der Waals surface area contributed by atoms with Crippen LogP contribution in [0.3, 0.4) is 0 Å². The molecular formula is C23H26N2O2S. The molecule has 1 amide bonds. The van der Waals surface area contributed by atoms with Gasteiger partial charge in [-0.1, -0.05) is 29.8 Å². The third-order valence-electron chi connectivity index (χ3n) is 4.73. The second kappa shape index (κ2) is 8.65. The second-order valence-corrected chi connectivity index (χ2v) is 8.17. The van der Waals surface area contributed by atoms with Crippen molar-refractivity contribution < 1.29 is 9.53 Å². The number of nitrogens with zero attached hydrogens (tertiary/aromatic N) is 1. The molecule has 0 spiro atoms. The molecule has 0 saturated carbocycles. The molecule has 2 aromatic carbocycles. The van der Waals surface area contributed by atoms with Gasteiger partial charge in [0.05, 0.1) is 12.1 Å². The lowest BCUT2D eigenvalue weighted by Crippen LogP contribution is -2.14. The summed E-state index contributed by atoms with van der Waals surface area (Å²) in [5, 5.41) is 5.06. The van der Waals surface area contributed by atoms with Crippen molar-refractivity contribution >= 4 is 34.3 Å². The Bertz CT molecular complexity index is 1010. The van der Waals surface area contributed by atoms with E-state index >= 15 is 0 Å². The van der Waals surface area contributed by atoms with Gasteiger partial charge < -0.3 is 10.1 Å². The number of benzene rings is 2. The number of amides is 1. The van der Waals surface area contributed by atoms with E-state index in [-0.39, 0.29) is 5.91 Å². The Balaban J connectivity index is 1.66. The third-order valence-corrected chi connectivity index (χ3v) is 5.64. The van der Waals surface area contributed by atoms with Crippen LogP contribution in [0.1, 0.15) is 28.7 Å². The van der Waals surface area contributed by atoms with Gasteiger partial charge in [0.25, 0.3) is 0 Å². The van der Waals surface area contributed by atoms with Crippen molar-refractivity contribution in [2.75, 3.05) is 18.2 Å². The Morgan fingerprint density at radius 1 is 1.07 bits per heavy atom. The fourth-order valence-electron chi connectivity index (χ4n) is 3.43. The van der Waals surface area contributed by atoms with Crippen molar-refractivity contribution in [2.24, 2.45) is 0 Å². The van der Waals surface area contributed by atoms with Crippen LogP contribution >= 0.6 is 11.8 Å². The maximum atomic E-state index is 12.4. The molecule has 0 fully saturated rings. The first-order chi connectivity index (χ1) is 13.4. The molecule has 5 heteroatoms. The maximum Gasteiger partial charge on any atom is 0.225 e. The highest BCUT2D eigenvalue weighted by Gasteiger charge is 2.11. The zero-order valence-corrected chi connectivity index (χ0v) is 17.9. The average molecular weight is 395 g/mol. The number of rotatable bonds is 6. The van der Waals surface area contributed by atoms with Gasteiger partial charge in [-0.15, -0.1) is 11.8 Å². The molecule has 1 aromatic heterocycles. The topological polar surface area (TPSA) is 51.2 Å². The zero-order valence-electron chi connectivity index (χ0n) is 17.1.